The average molecular weight is 249 g/mol. The van der Waals surface area contributed by atoms with E-state index < -0.39 is 6.43 Å². The van der Waals surface area contributed by atoms with Crippen LogP contribution in [0.1, 0.15) is 14.5 Å². The Morgan fingerprint density at radius 3 is 2.88 bits per heavy atom. The van der Waals surface area contributed by atoms with Gasteiger partial charge in [-0.1, -0.05) is 0 Å². The molecule has 1 rings (SSSR count). The number of halogens is 2. The molecule has 1 amide bonds. The molecule has 0 atom stereocenters. The van der Waals surface area contributed by atoms with Crippen LogP contribution in [0.3, 0.4) is 0 Å². The average Bonchev–Trinajstić information content (AvgIpc) is 2.63. The number of alkyl halides is 2. The zero-order valence-electron chi connectivity index (χ0n) is 8.74. The van der Waals surface area contributed by atoms with Crippen LogP contribution in [0.15, 0.2) is 12.1 Å². The van der Waals surface area contributed by atoms with E-state index in [1.165, 1.54) is 16.2 Å². The Kier molecular flexibility index (Phi) is 4.78. The second-order valence-corrected chi connectivity index (χ2v) is 4.50. The molecule has 0 saturated heterocycles. The van der Waals surface area contributed by atoms with Crippen molar-refractivity contribution < 1.29 is 13.6 Å². The first kappa shape index (κ1) is 13.0. The third-order valence-corrected chi connectivity index (χ3v) is 2.96. The maximum Gasteiger partial charge on any atom is 0.275 e. The highest BCUT2D eigenvalue weighted by molar-refractivity contribution is 7.14. The molecule has 0 bridgehead atoms. The van der Waals surface area contributed by atoms with Crippen molar-refractivity contribution in [1.29, 1.82) is 0 Å². The Morgan fingerprint density at radius 2 is 2.31 bits per heavy atom. The minimum Gasteiger partial charge on any atom is -0.296 e. The lowest BCUT2D eigenvalue weighted by atomic mass is 10.4. The van der Waals surface area contributed by atoms with Crippen LogP contribution in [-0.2, 0) is 6.54 Å². The first-order valence-corrected chi connectivity index (χ1v) is 5.41. The van der Waals surface area contributed by atoms with E-state index in [1.807, 2.05) is 5.43 Å². The molecule has 3 N–H and O–H groups in total. The van der Waals surface area contributed by atoms with Crippen LogP contribution < -0.4 is 11.3 Å². The highest BCUT2D eigenvalue weighted by Crippen LogP contribution is 2.17. The van der Waals surface area contributed by atoms with Crippen molar-refractivity contribution in [3.8, 4) is 0 Å². The zero-order chi connectivity index (χ0) is 12.1. The highest BCUT2D eigenvalue weighted by atomic mass is 32.1. The minimum atomic E-state index is -2.35. The summed E-state index contributed by atoms with van der Waals surface area (Å²) in [6, 6.07) is 3.36. The number of amides is 1. The lowest BCUT2D eigenvalue weighted by Crippen LogP contribution is -2.29. The third-order valence-electron chi connectivity index (χ3n) is 1.89. The number of carbonyl (C=O) groups is 1. The number of carbonyl (C=O) groups excluding carboxylic acids is 1. The van der Waals surface area contributed by atoms with E-state index in [9.17, 15) is 13.6 Å². The van der Waals surface area contributed by atoms with Gasteiger partial charge in [0.05, 0.1) is 11.4 Å². The van der Waals surface area contributed by atoms with Crippen molar-refractivity contribution >= 4 is 17.2 Å². The van der Waals surface area contributed by atoms with Crippen molar-refractivity contribution in [2.45, 2.75) is 13.0 Å². The van der Waals surface area contributed by atoms with E-state index in [0.29, 0.717) is 11.4 Å². The summed E-state index contributed by atoms with van der Waals surface area (Å²) in [7, 11) is 1.61. The standard InChI is InChI=1S/C9H13F2N3OS/c1-14(5-8(10)11)4-6-2-3-7(16-6)9(15)13-12/h2-3,8H,4-5,12H2,1H3,(H,13,15). The van der Waals surface area contributed by atoms with Gasteiger partial charge in [-0.3, -0.25) is 15.1 Å². The first-order chi connectivity index (χ1) is 7.52. The summed E-state index contributed by atoms with van der Waals surface area (Å²) in [5, 5.41) is 0. The summed E-state index contributed by atoms with van der Waals surface area (Å²) >= 11 is 1.24. The van der Waals surface area contributed by atoms with E-state index in [4.69, 9.17) is 5.84 Å². The van der Waals surface area contributed by atoms with Gasteiger partial charge in [-0.2, -0.15) is 0 Å². The topological polar surface area (TPSA) is 58.4 Å². The van der Waals surface area contributed by atoms with Crippen LogP contribution in [0, 0.1) is 0 Å². The molecule has 0 spiro atoms. The maximum absolute atomic E-state index is 12.1. The summed E-state index contributed by atoms with van der Waals surface area (Å²) in [6.07, 6.45) is -2.35. The van der Waals surface area contributed by atoms with Gasteiger partial charge in [0.25, 0.3) is 12.3 Å². The Hall–Kier alpha value is -1.05. The molecule has 0 aliphatic rings. The summed E-state index contributed by atoms with van der Waals surface area (Å²) in [4.78, 5) is 14.0. The molecule has 1 aromatic rings. The van der Waals surface area contributed by atoms with Gasteiger partial charge in [0.15, 0.2) is 0 Å². The van der Waals surface area contributed by atoms with Crippen LogP contribution in [0.2, 0.25) is 0 Å². The molecule has 0 saturated carbocycles. The van der Waals surface area contributed by atoms with Crippen LogP contribution in [-0.4, -0.2) is 30.8 Å². The first-order valence-electron chi connectivity index (χ1n) is 4.59. The second kappa shape index (κ2) is 5.88. The predicted molar refractivity (Wildman–Crippen MR) is 58.3 cm³/mol. The number of thiophene rings is 1. The number of hydrogen-bond donors (Lipinski definition) is 2. The fraction of sp³-hybridized carbons (Fsp3) is 0.444. The van der Waals surface area contributed by atoms with Crippen molar-refractivity contribution in [2.75, 3.05) is 13.6 Å². The monoisotopic (exact) mass is 249 g/mol. The number of nitrogens with zero attached hydrogens (tertiary/aromatic N) is 1. The molecule has 1 heterocycles. The molecule has 16 heavy (non-hydrogen) atoms. The number of hydrazine groups is 1. The van der Waals surface area contributed by atoms with Crippen molar-refractivity contribution in [2.24, 2.45) is 5.84 Å². The number of nitrogen functional groups attached to an aromatic ring is 1. The molecule has 0 aliphatic heterocycles. The summed E-state index contributed by atoms with van der Waals surface area (Å²) in [6.45, 7) is 0.114. The largest absolute Gasteiger partial charge is 0.296 e. The predicted octanol–water partition coefficient (Wildman–Crippen LogP) is 1.05. The number of rotatable bonds is 5. The highest BCUT2D eigenvalue weighted by Gasteiger charge is 2.11. The molecule has 0 fully saturated rings. The summed E-state index contributed by atoms with van der Waals surface area (Å²) in [5.74, 6) is 4.61. The van der Waals surface area contributed by atoms with E-state index >= 15 is 0 Å². The van der Waals surface area contributed by atoms with Crippen LogP contribution in [0.25, 0.3) is 0 Å². The van der Waals surface area contributed by atoms with Crippen molar-refractivity contribution in [1.82, 2.24) is 10.3 Å². The van der Waals surface area contributed by atoms with E-state index in [0.717, 1.165) is 4.88 Å². The molecule has 0 radical (unpaired) electrons. The minimum absolute atomic E-state index is 0.281. The summed E-state index contributed by atoms with van der Waals surface area (Å²) in [5.41, 5.74) is 2.02. The van der Waals surface area contributed by atoms with Crippen molar-refractivity contribution in [3.05, 3.63) is 21.9 Å². The van der Waals surface area contributed by atoms with Gasteiger partial charge in [0.1, 0.15) is 0 Å². The molecule has 4 nitrogen and oxygen atoms in total. The van der Waals surface area contributed by atoms with Gasteiger partial charge in [-0.05, 0) is 19.2 Å². The van der Waals surface area contributed by atoms with Gasteiger partial charge in [-0.15, -0.1) is 11.3 Å². The van der Waals surface area contributed by atoms with E-state index in [2.05, 4.69) is 0 Å². The molecular formula is C9H13F2N3OS. The molecule has 90 valence electrons. The Bertz CT molecular complexity index is 356. The van der Waals surface area contributed by atoms with Gasteiger partial charge >= 0.3 is 0 Å². The molecule has 0 aromatic carbocycles. The number of hydrogen-bond acceptors (Lipinski definition) is 4. The molecule has 7 heteroatoms. The van der Waals surface area contributed by atoms with Gasteiger partial charge in [-0.25, -0.2) is 14.6 Å². The quantitative estimate of drug-likeness (QED) is 0.466. The van der Waals surface area contributed by atoms with Gasteiger partial charge in [0.2, 0.25) is 0 Å². The molecule has 1 aromatic heterocycles. The SMILES string of the molecule is CN(Cc1ccc(C(=O)NN)s1)CC(F)F. The van der Waals surface area contributed by atoms with Crippen molar-refractivity contribution in [3.63, 3.8) is 0 Å². The van der Waals surface area contributed by atoms with Crippen LogP contribution in [0.5, 0.6) is 0 Å². The second-order valence-electron chi connectivity index (χ2n) is 3.33. The Labute approximate surface area is 96.0 Å². The number of nitrogens with one attached hydrogen (secondary N) is 1. The van der Waals surface area contributed by atoms with Gasteiger partial charge in [0, 0.05) is 11.4 Å². The maximum atomic E-state index is 12.1. The Balaban J connectivity index is 2.55. The normalized spacial score (nSPS) is 11.1. The Morgan fingerprint density at radius 1 is 1.62 bits per heavy atom. The van der Waals surface area contributed by atoms with E-state index in [1.54, 1.807) is 19.2 Å². The fourth-order valence-corrected chi connectivity index (χ4v) is 2.21. The summed E-state index contributed by atoms with van der Waals surface area (Å²) < 4.78 is 24.1. The third kappa shape index (κ3) is 3.84. The molecule has 0 unspecified atom stereocenters. The van der Waals surface area contributed by atoms with Gasteiger partial charge < -0.3 is 0 Å². The zero-order valence-corrected chi connectivity index (χ0v) is 9.56. The molecule has 0 aliphatic carbocycles. The smallest absolute Gasteiger partial charge is 0.275 e. The van der Waals surface area contributed by atoms with Crippen LogP contribution >= 0.6 is 11.3 Å². The lowest BCUT2D eigenvalue weighted by Gasteiger charge is -2.14. The molecular weight excluding hydrogens is 236 g/mol. The van der Waals surface area contributed by atoms with E-state index in [-0.39, 0.29) is 12.5 Å². The number of nitrogens with two attached hydrogens (primary N) is 1. The lowest BCUT2D eigenvalue weighted by molar-refractivity contribution is 0.0955. The van der Waals surface area contributed by atoms with Crippen LogP contribution in [0.4, 0.5) is 8.78 Å². The fourth-order valence-electron chi connectivity index (χ4n) is 1.22.